The van der Waals surface area contributed by atoms with E-state index in [2.05, 4.69) is 0 Å². The van der Waals surface area contributed by atoms with Crippen molar-refractivity contribution < 1.29 is 27.4 Å². The van der Waals surface area contributed by atoms with Crippen LogP contribution in [0, 0.1) is 5.82 Å². The van der Waals surface area contributed by atoms with Gasteiger partial charge in [0.1, 0.15) is 6.61 Å². The molecule has 0 heterocycles. The second-order valence-corrected chi connectivity index (χ2v) is 6.10. The molecule has 0 amide bonds. The van der Waals surface area contributed by atoms with Crippen molar-refractivity contribution >= 4 is 22.6 Å². The Hall–Kier alpha value is -1.35. The molecule has 1 atom stereocenters. The Balaban J connectivity index is 2.17. The van der Waals surface area contributed by atoms with E-state index in [-0.39, 0.29) is 12.4 Å². The Morgan fingerprint density at radius 2 is 1.68 bits per heavy atom. The Morgan fingerprint density at radius 3 is 2.23 bits per heavy atom. The van der Waals surface area contributed by atoms with Crippen molar-refractivity contribution in [3.63, 3.8) is 0 Å². The molecule has 7 heteroatoms. The highest BCUT2D eigenvalue weighted by atomic mass is 127. The van der Waals surface area contributed by atoms with E-state index in [0.717, 1.165) is 40.3 Å². The van der Waals surface area contributed by atoms with E-state index in [1.807, 2.05) is 6.07 Å². The molecule has 0 fully saturated rings. The van der Waals surface area contributed by atoms with Crippen molar-refractivity contribution in [1.29, 1.82) is 0 Å². The number of hydrogen-bond acceptors (Lipinski definition) is 2. The fourth-order valence-corrected chi connectivity index (χ4v) is 2.06. The van der Waals surface area contributed by atoms with Crippen molar-refractivity contribution in [1.82, 2.24) is 0 Å². The molecule has 2 nitrogen and oxygen atoms in total. The number of ether oxygens (including phenoxy) is 1. The highest BCUT2D eigenvalue weighted by Crippen LogP contribution is 2.45. The third kappa shape index (κ3) is 3.70. The third-order valence-corrected chi connectivity index (χ3v) is 4.16. The summed E-state index contributed by atoms with van der Waals surface area (Å²) < 4.78 is 54.1. The number of benzene rings is 2. The van der Waals surface area contributed by atoms with Crippen LogP contribution >= 0.6 is 22.6 Å². The van der Waals surface area contributed by atoms with Crippen LogP contribution in [0.1, 0.15) is 11.1 Å². The van der Waals surface area contributed by atoms with Gasteiger partial charge in [0.15, 0.2) is 11.6 Å². The van der Waals surface area contributed by atoms with E-state index < -0.39 is 21.2 Å². The highest BCUT2D eigenvalue weighted by Gasteiger charge is 2.53. The Kier molecular flexibility index (Phi) is 4.96. The largest absolute Gasteiger partial charge is 0.486 e. The molecule has 0 radical (unpaired) electrons. The van der Waals surface area contributed by atoms with E-state index in [1.54, 1.807) is 24.3 Å². The molecule has 2 aromatic rings. The van der Waals surface area contributed by atoms with Gasteiger partial charge in [0.25, 0.3) is 0 Å². The molecule has 2 rings (SSSR count). The van der Waals surface area contributed by atoms with E-state index in [0.29, 0.717) is 6.07 Å². The molecule has 0 aliphatic heterocycles. The van der Waals surface area contributed by atoms with Crippen molar-refractivity contribution in [3.8, 4) is 5.75 Å². The first kappa shape index (κ1) is 17.0. The minimum Gasteiger partial charge on any atom is -0.486 e. The summed E-state index contributed by atoms with van der Waals surface area (Å²) >= 11 is 0.830. The summed E-state index contributed by atoms with van der Waals surface area (Å²) in [5.74, 6) is -1.14. The fourth-order valence-electron chi connectivity index (χ4n) is 1.72. The first-order chi connectivity index (χ1) is 10.2. The summed E-state index contributed by atoms with van der Waals surface area (Å²) in [5, 5.41) is 9.50. The van der Waals surface area contributed by atoms with Gasteiger partial charge in [-0.1, -0.05) is 36.4 Å². The SMILES string of the molecule is OC(I)(c1ccc(OCc2ccccc2)c(F)c1)C(F)(F)F. The normalized spacial score (nSPS) is 14.5. The van der Waals surface area contributed by atoms with Crippen LogP contribution in [0.5, 0.6) is 5.75 Å². The zero-order chi connectivity index (χ0) is 16.4. The van der Waals surface area contributed by atoms with Crippen molar-refractivity contribution in [2.75, 3.05) is 0 Å². The van der Waals surface area contributed by atoms with Crippen LogP contribution in [-0.4, -0.2) is 11.3 Å². The van der Waals surface area contributed by atoms with Gasteiger partial charge in [-0.25, -0.2) is 4.39 Å². The molecule has 0 aliphatic rings. The lowest BCUT2D eigenvalue weighted by atomic mass is 10.1. The van der Waals surface area contributed by atoms with Gasteiger partial charge in [-0.15, -0.1) is 0 Å². The zero-order valence-electron chi connectivity index (χ0n) is 11.1. The number of aliphatic hydroxyl groups is 1. The molecule has 0 bridgehead atoms. The van der Waals surface area contributed by atoms with Crippen LogP contribution < -0.4 is 4.74 Å². The highest BCUT2D eigenvalue weighted by molar-refractivity contribution is 14.1. The molecule has 0 saturated carbocycles. The quantitative estimate of drug-likeness (QED) is 0.442. The first-order valence-electron chi connectivity index (χ1n) is 6.16. The second kappa shape index (κ2) is 6.41. The van der Waals surface area contributed by atoms with Crippen molar-refractivity contribution in [3.05, 3.63) is 65.5 Å². The Bertz CT molecular complexity index is 642. The van der Waals surface area contributed by atoms with Crippen LogP contribution in [0.4, 0.5) is 17.6 Å². The lowest BCUT2D eigenvalue weighted by Gasteiger charge is -2.25. The third-order valence-electron chi connectivity index (χ3n) is 2.93. The average Bonchev–Trinajstić information content (AvgIpc) is 2.45. The summed E-state index contributed by atoms with van der Waals surface area (Å²) in [4.78, 5) is 0. The lowest BCUT2D eigenvalue weighted by Crippen LogP contribution is -2.36. The first-order valence-corrected chi connectivity index (χ1v) is 7.24. The lowest BCUT2D eigenvalue weighted by molar-refractivity contribution is -0.216. The molecule has 0 spiro atoms. The minimum atomic E-state index is -4.91. The molecule has 2 aromatic carbocycles. The van der Waals surface area contributed by atoms with Gasteiger partial charge in [0.05, 0.1) is 0 Å². The Morgan fingerprint density at radius 1 is 1.05 bits per heavy atom. The molecule has 118 valence electrons. The van der Waals surface area contributed by atoms with Crippen molar-refractivity contribution in [2.45, 2.75) is 16.4 Å². The topological polar surface area (TPSA) is 29.5 Å². The van der Waals surface area contributed by atoms with Gasteiger partial charge < -0.3 is 9.84 Å². The average molecular weight is 426 g/mol. The van der Waals surface area contributed by atoms with E-state index >= 15 is 0 Å². The zero-order valence-corrected chi connectivity index (χ0v) is 13.2. The minimum absolute atomic E-state index is 0.0882. The van der Waals surface area contributed by atoms with E-state index in [9.17, 15) is 22.7 Å². The maximum Gasteiger partial charge on any atom is 0.430 e. The van der Waals surface area contributed by atoms with Crippen LogP contribution in [-0.2, 0) is 10.2 Å². The Labute approximate surface area is 137 Å². The van der Waals surface area contributed by atoms with Crippen LogP contribution in [0.2, 0.25) is 0 Å². The number of rotatable bonds is 4. The summed E-state index contributed by atoms with van der Waals surface area (Å²) in [7, 11) is 0. The molecule has 0 saturated heterocycles. The molecule has 0 aromatic heterocycles. The van der Waals surface area contributed by atoms with E-state index in [4.69, 9.17) is 4.74 Å². The summed E-state index contributed by atoms with van der Waals surface area (Å²) in [5.41, 5.74) is 0.205. The molecular weight excluding hydrogens is 415 g/mol. The molecule has 1 N–H and O–H groups in total. The smallest absolute Gasteiger partial charge is 0.430 e. The fraction of sp³-hybridized carbons (Fsp3) is 0.200. The molecule has 1 unspecified atom stereocenters. The predicted octanol–water partition coefficient (Wildman–Crippen LogP) is 4.55. The maximum atomic E-state index is 13.9. The van der Waals surface area contributed by atoms with Crippen molar-refractivity contribution in [2.24, 2.45) is 0 Å². The van der Waals surface area contributed by atoms with Gasteiger partial charge in [-0.2, -0.15) is 13.2 Å². The standard InChI is InChI=1S/C15H11F4IO2/c16-12-8-11(14(20,21)15(17,18)19)6-7-13(12)22-9-10-4-2-1-3-5-10/h1-8,21H,9H2. The van der Waals surface area contributed by atoms with Gasteiger partial charge in [-0.3, -0.25) is 0 Å². The molecule has 22 heavy (non-hydrogen) atoms. The van der Waals surface area contributed by atoms with E-state index in [1.165, 1.54) is 0 Å². The van der Waals surface area contributed by atoms with Crippen LogP contribution in [0.25, 0.3) is 0 Å². The van der Waals surface area contributed by atoms with Crippen LogP contribution in [0.3, 0.4) is 0 Å². The predicted molar refractivity (Wildman–Crippen MR) is 81.1 cm³/mol. The van der Waals surface area contributed by atoms with Gasteiger partial charge in [0, 0.05) is 5.56 Å². The summed E-state index contributed by atoms with van der Waals surface area (Å²) in [6, 6.07) is 11.6. The monoisotopic (exact) mass is 426 g/mol. The molecule has 0 aliphatic carbocycles. The summed E-state index contributed by atoms with van der Waals surface area (Å²) in [6.45, 7) is 0.0882. The van der Waals surface area contributed by atoms with Gasteiger partial charge >= 0.3 is 6.18 Å². The van der Waals surface area contributed by atoms with Gasteiger partial charge in [0.2, 0.25) is 3.61 Å². The van der Waals surface area contributed by atoms with Crippen LogP contribution in [0.15, 0.2) is 48.5 Å². The number of hydrogen-bond donors (Lipinski definition) is 1. The summed E-state index contributed by atoms with van der Waals surface area (Å²) in [6.07, 6.45) is -4.91. The number of halogens is 5. The number of alkyl halides is 4. The molecular formula is C15H11F4IO2. The maximum absolute atomic E-state index is 13.9. The second-order valence-electron chi connectivity index (χ2n) is 4.54. The van der Waals surface area contributed by atoms with Gasteiger partial charge in [-0.05, 0) is 40.3 Å².